The van der Waals surface area contributed by atoms with E-state index in [0.29, 0.717) is 5.69 Å². The van der Waals surface area contributed by atoms with Crippen LogP contribution in [0.4, 0.5) is 0 Å². The number of benzene rings is 1. The summed E-state index contributed by atoms with van der Waals surface area (Å²) in [6.07, 6.45) is 5.32. The summed E-state index contributed by atoms with van der Waals surface area (Å²) < 4.78 is 1.82. The van der Waals surface area contributed by atoms with Crippen LogP contribution in [-0.4, -0.2) is 10.4 Å². The third-order valence-electron chi connectivity index (χ3n) is 2.70. The van der Waals surface area contributed by atoms with Crippen molar-refractivity contribution in [2.45, 2.75) is 6.92 Å². The molecule has 0 N–H and O–H groups in total. The van der Waals surface area contributed by atoms with Crippen LogP contribution in [0.1, 0.15) is 21.6 Å². The van der Waals surface area contributed by atoms with Gasteiger partial charge in [0.1, 0.15) is 0 Å². The minimum atomic E-state index is 0.0260. The fourth-order valence-corrected chi connectivity index (χ4v) is 1.65. The number of aryl methyl sites for hydroxylation is 2. The van der Waals surface area contributed by atoms with Gasteiger partial charge in [-0.15, -0.1) is 0 Å². The third-order valence-corrected chi connectivity index (χ3v) is 2.70. The first kappa shape index (κ1) is 11.4. The lowest BCUT2D eigenvalue weighted by Crippen LogP contribution is -2.01. The normalized spacial score (nSPS) is 10.9. The number of carbonyl (C=O) groups excluding carboxylic acids is 1. The molecule has 0 saturated heterocycles. The van der Waals surface area contributed by atoms with Crippen LogP contribution in [0.25, 0.3) is 6.08 Å². The number of ketones is 1. The van der Waals surface area contributed by atoms with Gasteiger partial charge >= 0.3 is 0 Å². The molecule has 2 nitrogen and oxygen atoms in total. The van der Waals surface area contributed by atoms with Crippen LogP contribution in [0.5, 0.6) is 0 Å². The van der Waals surface area contributed by atoms with E-state index in [1.54, 1.807) is 6.08 Å². The fourth-order valence-electron chi connectivity index (χ4n) is 1.65. The highest BCUT2D eigenvalue weighted by Gasteiger charge is 2.04. The van der Waals surface area contributed by atoms with Crippen molar-refractivity contribution in [1.29, 1.82) is 0 Å². The summed E-state index contributed by atoms with van der Waals surface area (Å²) in [5.74, 6) is 0.0260. The molecule has 0 fully saturated rings. The van der Waals surface area contributed by atoms with E-state index in [2.05, 4.69) is 0 Å². The fraction of sp³-hybridized carbons (Fsp3) is 0.133. The van der Waals surface area contributed by atoms with Crippen molar-refractivity contribution in [3.8, 4) is 0 Å². The first-order chi connectivity index (χ1) is 8.16. The Morgan fingerprint density at radius 2 is 1.88 bits per heavy atom. The Balaban J connectivity index is 2.14. The third kappa shape index (κ3) is 2.72. The van der Waals surface area contributed by atoms with E-state index in [0.717, 1.165) is 5.56 Å². The number of hydrogen-bond donors (Lipinski definition) is 0. The van der Waals surface area contributed by atoms with Gasteiger partial charge in [-0.1, -0.05) is 35.9 Å². The van der Waals surface area contributed by atoms with Crippen molar-refractivity contribution in [2.24, 2.45) is 7.05 Å². The molecule has 0 bridgehead atoms. The SMILES string of the molecule is Cc1ccc(/C=C/C(=O)c2cccn2C)cc1. The van der Waals surface area contributed by atoms with Crippen molar-refractivity contribution in [3.05, 3.63) is 65.5 Å². The second kappa shape index (κ2) is 4.83. The van der Waals surface area contributed by atoms with Crippen LogP contribution < -0.4 is 0 Å². The van der Waals surface area contributed by atoms with Crippen molar-refractivity contribution >= 4 is 11.9 Å². The second-order valence-electron chi connectivity index (χ2n) is 4.11. The molecule has 0 atom stereocenters. The Kier molecular flexibility index (Phi) is 3.24. The van der Waals surface area contributed by atoms with Gasteiger partial charge in [-0.3, -0.25) is 4.79 Å². The minimum Gasteiger partial charge on any atom is -0.348 e. The number of carbonyl (C=O) groups is 1. The van der Waals surface area contributed by atoms with Crippen molar-refractivity contribution in [1.82, 2.24) is 4.57 Å². The zero-order chi connectivity index (χ0) is 12.3. The first-order valence-corrected chi connectivity index (χ1v) is 5.57. The summed E-state index contributed by atoms with van der Waals surface area (Å²) in [5.41, 5.74) is 2.96. The molecule has 0 aliphatic rings. The Morgan fingerprint density at radius 3 is 2.47 bits per heavy atom. The Bertz CT molecular complexity index is 547. The van der Waals surface area contributed by atoms with Gasteiger partial charge < -0.3 is 4.57 Å². The topological polar surface area (TPSA) is 22.0 Å². The van der Waals surface area contributed by atoms with Crippen molar-refractivity contribution < 1.29 is 4.79 Å². The molecule has 0 radical (unpaired) electrons. The molecule has 86 valence electrons. The van der Waals surface area contributed by atoms with Crippen molar-refractivity contribution in [3.63, 3.8) is 0 Å². The molecule has 0 aliphatic heterocycles. The molecule has 1 heterocycles. The molecule has 0 amide bonds. The van der Waals surface area contributed by atoms with Crippen LogP contribution >= 0.6 is 0 Å². The largest absolute Gasteiger partial charge is 0.348 e. The summed E-state index contributed by atoms with van der Waals surface area (Å²) >= 11 is 0. The van der Waals surface area contributed by atoms with E-state index < -0.39 is 0 Å². The molecule has 1 aromatic heterocycles. The molecule has 2 heteroatoms. The van der Waals surface area contributed by atoms with E-state index in [4.69, 9.17) is 0 Å². The van der Waals surface area contributed by atoms with E-state index >= 15 is 0 Å². The van der Waals surface area contributed by atoms with E-state index in [9.17, 15) is 4.79 Å². The van der Waals surface area contributed by atoms with Gasteiger partial charge in [0, 0.05) is 13.2 Å². The quantitative estimate of drug-likeness (QED) is 0.580. The van der Waals surface area contributed by atoms with Gasteiger partial charge in [0.2, 0.25) is 5.78 Å². The van der Waals surface area contributed by atoms with Gasteiger partial charge in [-0.05, 0) is 30.7 Å². The highest BCUT2D eigenvalue weighted by atomic mass is 16.1. The van der Waals surface area contributed by atoms with Gasteiger partial charge in [0.15, 0.2) is 0 Å². The molecule has 0 unspecified atom stereocenters. The van der Waals surface area contributed by atoms with Crippen LogP contribution in [0.3, 0.4) is 0 Å². The number of rotatable bonds is 3. The number of nitrogens with zero attached hydrogens (tertiary/aromatic N) is 1. The van der Waals surface area contributed by atoms with Crippen LogP contribution in [0.15, 0.2) is 48.7 Å². The van der Waals surface area contributed by atoms with E-state index in [-0.39, 0.29) is 5.78 Å². The number of aromatic nitrogens is 1. The lowest BCUT2D eigenvalue weighted by molar-refractivity contribution is 0.104. The lowest BCUT2D eigenvalue weighted by Gasteiger charge is -1.98. The van der Waals surface area contributed by atoms with Gasteiger partial charge in [-0.2, -0.15) is 0 Å². The Labute approximate surface area is 101 Å². The summed E-state index contributed by atoms with van der Waals surface area (Å²) in [4.78, 5) is 11.9. The average molecular weight is 225 g/mol. The lowest BCUT2D eigenvalue weighted by atomic mass is 10.1. The molecule has 0 saturated carbocycles. The minimum absolute atomic E-state index is 0.0260. The van der Waals surface area contributed by atoms with Gasteiger partial charge in [0.25, 0.3) is 0 Å². The molecule has 2 aromatic rings. The highest BCUT2D eigenvalue weighted by Crippen LogP contribution is 2.07. The average Bonchev–Trinajstić information content (AvgIpc) is 2.74. The smallest absolute Gasteiger partial charge is 0.202 e. The number of allylic oxidation sites excluding steroid dienone is 1. The molecule has 1 aromatic carbocycles. The standard InChI is InChI=1S/C15H15NO/c1-12-5-7-13(8-6-12)9-10-15(17)14-4-3-11-16(14)2/h3-11H,1-2H3/b10-9+. The summed E-state index contributed by atoms with van der Waals surface area (Å²) in [5, 5.41) is 0. The molecule has 2 rings (SSSR count). The summed E-state index contributed by atoms with van der Waals surface area (Å²) in [6.45, 7) is 2.04. The van der Waals surface area contributed by atoms with Crippen LogP contribution in [0, 0.1) is 6.92 Å². The maximum atomic E-state index is 11.9. The van der Waals surface area contributed by atoms with Crippen LogP contribution in [0.2, 0.25) is 0 Å². The van der Waals surface area contributed by atoms with Crippen LogP contribution in [-0.2, 0) is 7.05 Å². The zero-order valence-corrected chi connectivity index (χ0v) is 10.1. The summed E-state index contributed by atoms with van der Waals surface area (Å²) in [7, 11) is 1.87. The molecular formula is C15H15NO. The van der Waals surface area contributed by atoms with E-state index in [1.165, 1.54) is 5.56 Å². The van der Waals surface area contributed by atoms with Gasteiger partial charge in [0.05, 0.1) is 5.69 Å². The number of hydrogen-bond acceptors (Lipinski definition) is 1. The van der Waals surface area contributed by atoms with E-state index in [1.807, 2.05) is 67.2 Å². The first-order valence-electron chi connectivity index (χ1n) is 5.57. The maximum absolute atomic E-state index is 11.9. The summed E-state index contributed by atoms with van der Waals surface area (Å²) in [6, 6.07) is 11.8. The predicted octanol–water partition coefficient (Wildman–Crippen LogP) is 3.23. The maximum Gasteiger partial charge on any atom is 0.202 e. The second-order valence-corrected chi connectivity index (χ2v) is 4.11. The molecular weight excluding hydrogens is 210 g/mol. The molecule has 0 aliphatic carbocycles. The van der Waals surface area contributed by atoms with Crippen molar-refractivity contribution in [2.75, 3.05) is 0 Å². The zero-order valence-electron chi connectivity index (χ0n) is 10.1. The predicted molar refractivity (Wildman–Crippen MR) is 70.0 cm³/mol. The Morgan fingerprint density at radius 1 is 1.18 bits per heavy atom. The molecule has 17 heavy (non-hydrogen) atoms. The highest BCUT2D eigenvalue weighted by molar-refractivity contribution is 6.05. The molecule has 0 spiro atoms. The monoisotopic (exact) mass is 225 g/mol. The van der Waals surface area contributed by atoms with Gasteiger partial charge in [-0.25, -0.2) is 0 Å². The Hall–Kier alpha value is -2.09.